The van der Waals surface area contributed by atoms with Crippen LogP contribution in [-0.4, -0.2) is 31.3 Å². The number of aromatic hydroxyl groups is 1. The van der Waals surface area contributed by atoms with Gasteiger partial charge < -0.3 is 5.11 Å². The Balaban J connectivity index is 1.66. The number of aromatic nitrogens is 2. The third-order valence-electron chi connectivity index (χ3n) is 5.86. The van der Waals surface area contributed by atoms with Gasteiger partial charge in [-0.1, -0.05) is 60.1 Å². The third-order valence-corrected chi connectivity index (χ3v) is 6.09. The molecule has 0 saturated carbocycles. The second-order valence-corrected chi connectivity index (χ2v) is 8.41. The molecule has 1 aliphatic heterocycles. The zero-order valence-electron chi connectivity index (χ0n) is 18.0. The molecule has 2 heterocycles. The van der Waals surface area contributed by atoms with E-state index in [0.717, 1.165) is 20.9 Å². The van der Waals surface area contributed by atoms with E-state index in [1.807, 2.05) is 42.5 Å². The zero-order valence-corrected chi connectivity index (χ0v) is 18.8. The van der Waals surface area contributed by atoms with Gasteiger partial charge in [-0.15, -0.1) is 0 Å². The fourth-order valence-corrected chi connectivity index (χ4v) is 4.56. The predicted octanol–water partition coefficient (Wildman–Crippen LogP) is 3.74. The van der Waals surface area contributed by atoms with Crippen molar-refractivity contribution in [2.75, 3.05) is 0 Å². The molecule has 0 aliphatic carbocycles. The van der Waals surface area contributed by atoms with Gasteiger partial charge >= 0.3 is 5.69 Å². The molecule has 9 heteroatoms. The van der Waals surface area contributed by atoms with Gasteiger partial charge in [-0.25, -0.2) is 14.4 Å². The van der Waals surface area contributed by atoms with E-state index in [1.54, 1.807) is 18.2 Å². The highest BCUT2D eigenvalue weighted by atomic mass is 35.5. The number of nitrogens with one attached hydrogen (secondary N) is 1. The third kappa shape index (κ3) is 3.58. The lowest BCUT2D eigenvalue weighted by Gasteiger charge is -2.22. The van der Waals surface area contributed by atoms with Gasteiger partial charge in [0.1, 0.15) is 5.56 Å². The minimum absolute atomic E-state index is 0.173. The summed E-state index contributed by atoms with van der Waals surface area (Å²) in [5.74, 6) is -0.885. The van der Waals surface area contributed by atoms with Crippen LogP contribution in [0.25, 0.3) is 16.5 Å². The van der Waals surface area contributed by atoms with Crippen LogP contribution in [0, 0.1) is 0 Å². The highest BCUT2D eigenvalue weighted by molar-refractivity contribution is 6.30. The number of nitrogens with zero attached hydrogens (tertiary/aromatic N) is 3. The van der Waals surface area contributed by atoms with Crippen LogP contribution in [-0.2, 0) is 4.79 Å². The van der Waals surface area contributed by atoms with Crippen LogP contribution in [0.4, 0.5) is 0 Å². The van der Waals surface area contributed by atoms with E-state index in [4.69, 9.17) is 11.6 Å². The van der Waals surface area contributed by atoms with Crippen molar-refractivity contribution in [2.24, 2.45) is 5.10 Å². The summed E-state index contributed by atoms with van der Waals surface area (Å²) in [6.07, 6.45) is 0.179. The standard InChI is InChI=1S/C25H19ClN4O4/c1-14(31)30-21(19-11-4-7-15-6-2-3-10-18(15)19)13-20(28-30)22-23(32)27-25(34)29(24(22)33)17-9-5-8-16(26)12-17/h2-12,21,33H,13H2,1H3,(H,27,32,34)/t21-/m0/s1. The number of hydrazone groups is 1. The molecule has 1 amide bonds. The molecule has 1 atom stereocenters. The van der Waals surface area contributed by atoms with Crippen molar-refractivity contribution in [1.29, 1.82) is 0 Å². The predicted molar refractivity (Wildman–Crippen MR) is 130 cm³/mol. The second kappa shape index (κ2) is 8.31. The van der Waals surface area contributed by atoms with Gasteiger partial charge in [0.2, 0.25) is 11.8 Å². The van der Waals surface area contributed by atoms with E-state index >= 15 is 0 Å². The molecule has 0 bridgehead atoms. The molecule has 0 radical (unpaired) electrons. The highest BCUT2D eigenvalue weighted by Crippen LogP contribution is 2.37. The number of rotatable bonds is 3. The molecule has 8 nitrogen and oxygen atoms in total. The summed E-state index contributed by atoms with van der Waals surface area (Å²) in [4.78, 5) is 40.1. The van der Waals surface area contributed by atoms with Crippen molar-refractivity contribution in [3.8, 4) is 11.6 Å². The molecule has 3 aromatic carbocycles. The average Bonchev–Trinajstić information content (AvgIpc) is 3.23. The van der Waals surface area contributed by atoms with Crippen LogP contribution >= 0.6 is 11.6 Å². The maximum absolute atomic E-state index is 12.8. The number of carbonyl (C=O) groups is 1. The van der Waals surface area contributed by atoms with Crippen molar-refractivity contribution in [3.63, 3.8) is 0 Å². The Labute approximate surface area is 198 Å². The molecule has 2 N–H and O–H groups in total. The minimum Gasteiger partial charge on any atom is -0.493 e. The molecule has 0 unspecified atom stereocenters. The number of halogens is 1. The number of hydrogen-bond acceptors (Lipinski definition) is 5. The van der Waals surface area contributed by atoms with Crippen LogP contribution in [0.5, 0.6) is 5.88 Å². The molecule has 1 aliphatic rings. The molecule has 170 valence electrons. The van der Waals surface area contributed by atoms with Crippen LogP contribution < -0.4 is 11.2 Å². The number of carbonyl (C=O) groups excluding carboxylic acids is 1. The lowest BCUT2D eigenvalue weighted by Crippen LogP contribution is -2.33. The summed E-state index contributed by atoms with van der Waals surface area (Å²) in [7, 11) is 0. The van der Waals surface area contributed by atoms with Crippen LogP contribution in [0.3, 0.4) is 0 Å². The SMILES string of the molecule is CC(=O)N1N=C(c2c(O)n(-c3cccc(Cl)c3)c(=O)[nH]c2=O)C[C@H]1c1cccc2ccccc12. The number of aromatic amines is 1. The summed E-state index contributed by atoms with van der Waals surface area (Å²) in [6.45, 7) is 1.39. The van der Waals surface area contributed by atoms with Gasteiger partial charge in [-0.3, -0.25) is 14.6 Å². The van der Waals surface area contributed by atoms with Crippen molar-refractivity contribution in [2.45, 2.75) is 19.4 Å². The molecular formula is C25H19ClN4O4. The van der Waals surface area contributed by atoms with Gasteiger partial charge in [0.15, 0.2) is 0 Å². The van der Waals surface area contributed by atoms with E-state index in [0.29, 0.717) is 5.02 Å². The molecule has 5 rings (SSSR count). The van der Waals surface area contributed by atoms with Crippen molar-refractivity contribution < 1.29 is 9.90 Å². The fourth-order valence-electron chi connectivity index (χ4n) is 4.37. The van der Waals surface area contributed by atoms with Gasteiger partial charge in [-0.05, 0) is 34.5 Å². The summed E-state index contributed by atoms with van der Waals surface area (Å²) in [5, 5.41) is 19.1. The van der Waals surface area contributed by atoms with E-state index < -0.39 is 23.2 Å². The first kappa shape index (κ1) is 21.7. The summed E-state index contributed by atoms with van der Waals surface area (Å²) in [5.41, 5.74) is -0.440. The zero-order chi connectivity index (χ0) is 24.0. The van der Waals surface area contributed by atoms with Crippen LogP contribution in [0.1, 0.15) is 30.5 Å². The molecule has 1 aromatic heterocycles. The second-order valence-electron chi connectivity index (χ2n) is 7.97. The number of amides is 1. The minimum atomic E-state index is -0.818. The average molecular weight is 475 g/mol. The largest absolute Gasteiger partial charge is 0.493 e. The summed E-state index contributed by atoms with van der Waals surface area (Å²) in [6, 6.07) is 19.4. The monoisotopic (exact) mass is 474 g/mol. The summed E-state index contributed by atoms with van der Waals surface area (Å²) < 4.78 is 0.953. The maximum atomic E-state index is 12.8. The first-order chi connectivity index (χ1) is 16.3. The number of hydrogen-bond donors (Lipinski definition) is 2. The van der Waals surface area contributed by atoms with Crippen molar-refractivity contribution >= 4 is 34.0 Å². The Kier molecular flexibility index (Phi) is 5.30. The van der Waals surface area contributed by atoms with Gasteiger partial charge in [0, 0.05) is 18.4 Å². The first-order valence-electron chi connectivity index (χ1n) is 10.5. The Morgan fingerprint density at radius 3 is 2.59 bits per heavy atom. The first-order valence-corrected chi connectivity index (χ1v) is 10.9. The summed E-state index contributed by atoms with van der Waals surface area (Å²) >= 11 is 6.05. The Bertz CT molecular complexity index is 1600. The quantitative estimate of drug-likeness (QED) is 0.471. The van der Waals surface area contributed by atoms with Crippen molar-refractivity contribution in [3.05, 3.63) is 104 Å². The smallest absolute Gasteiger partial charge is 0.335 e. The molecule has 0 saturated heterocycles. The Morgan fingerprint density at radius 2 is 1.82 bits per heavy atom. The number of fused-ring (bicyclic) bond motifs is 1. The molecule has 34 heavy (non-hydrogen) atoms. The molecule has 0 fully saturated rings. The van der Waals surface area contributed by atoms with Gasteiger partial charge in [0.25, 0.3) is 5.56 Å². The van der Waals surface area contributed by atoms with E-state index in [-0.39, 0.29) is 29.3 Å². The molecule has 4 aromatic rings. The Hall–Kier alpha value is -4.17. The van der Waals surface area contributed by atoms with E-state index in [9.17, 15) is 19.5 Å². The van der Waals surface area contributed by atoms with E-state index in [1.165, 1.54) is 18.0 Å². The maximum Gasteiger partial charge on any atom is 0.335 e. The van der Waals surface area contributed by atoms with Crippen LogP contribution in [0.2, 0.25) is 5.02 Å². The van der Waals surface area contributed by atoms with Crippen molar-refractivity contribution in [1.82, 2.24) is 14.6 Å². The fraction of sp³-hybridized carbons (Fsp3) is 0.120. The molecule has 0 spiro atoms. The number of H-pyrrole nitrogens is 1. The van der Waals surface area contributed by atoms with Crippen LogP contribution in [0.15, 0.2) is 81.4 Å². The van der Waals surface area contributed by atoms with Gasteiger partial charge in [-0.2, -0.15) is 5.10 Å². The normalized spacial score (nSPS) is 15.5. The molecular weight excluding hydrogens is 456 g/mol. The Morgan fingerprint density at radius 1 is 1.09 bits per heavy atom. The lowest BCUT2D eigenvalue weighted by atomic mass is 9.94. The topological polar surface area (TPSA) is 108 Å². The van der Waals surface area contributed by atoms with E-state index in [2.05, 4.69) is 10.1 Å². The lowest BCUT2D eigenvalue weighted by molar-refractivity contribution is -0.130. The van der Waals surface area contributed by atoms with Gasteiger partial charge in [0.05, 0.1) is 17.4 Å². The number of benzene rings is 3. The highest BCUT2D eigenvalue weighted by Gasteiger charge is 2.35.